The number of nitrogens with one attached hydrogen (secondary N) is 1. The first-order valence-corrected chi connectivity index (χ1v) is 9.33. The van der Waals surface area contributed by atoms with Gasteiger partial charge < -0.3 is 10.1 Å². The second kappa shape index (κ2) is 6.58. The number of H-pyrrole nitrogens is 1. The molecule has 0 spiro atoms. The van der Waals surface area contributed by atoms with Gasteiger partial charge in [-0.1, -0.05) is 54.1 Å². The summed E-state index contributed by atoms with van der Waals surface area (Å²) < 4.78 is 0. The molecule has 138 valence electrons. The summed E-state index contributed by atoms with van der Waals surface area (Å²) in [6, 6.07) is 23.8. The van der Waals surface area contributed by atoms with E-state index in [1.807, 2.05) is 49.4 Å². The Bertz CT molecular complexity index is 1150. The van der Waals surface area contributed by atoms with Crippen molar-refractivity contribution < 1.29 is 5.11 Å². The van der Waals surface area contributed by atoms with E-state index in [1.165, 1.54) is 10.9 Å². The maximum Gasteiger partial charge on any atom is 0.132 e. The fraction of sp³-hybridized carbons (Fsp3) is 0.160. The van der Waals surface area contributed by atoms with Gasteiger partial charge in [0, 0.05) is 16.6 Å². The molecule has 2 N–H and O–H groups in total. The van der Waals surface area contributed by atoms with E-state index in [0.29, 0.717) is 0 Å². The van der Waals surface area contributed by atoms with Crippen LogP contribution >= 0.6 is 0 Å². The molecule has 3 aromatic carbocycles. The lowest BCUT2D eigenvalue weighted by Gasteiger charge is -2.29. The van der Waals surface area contributed by atoms with Gasteiger partial charge in [-0.15, -0.1) is 0 Å². The van der Waals surface area contributed by atoms with Gasteiger partial charge in [-0.25, -0.2) is 0 Å². The van der Waals surface area contributed by atoms with Crippen LogP contribution in [-0.2, 0) is 5.41 Å². The van der Waals surface area contributed by atoms with Gasteiger partial charge >= 0.3 is 0 Å². The van der Waals surface area contributed by atoms with Crippen molar-refractivity contribution in [3.05, 3.63) is 100 Å². The quantitative estimate of drug-likeness (QED) is 0.460. The normalized spacial score (nSPS) is 13.2. The number of aromatic amines is 1. The molecule has 0 amide bonds. The first-order chi connectivity index (χ1) is 13.5. The number of benzene rings is 3. The summed E-state index contributed by atoms with van der Waals surface area (Å²) in [6.07, 6.45) is 0. The Labute approximate surface area is 164 Å². The zero-order chi connectivity index (χ0) is 19.9. The number of fused-ring (bicyclic) bond motifs is 1. The third-order valence-corrected chi connectivity index (χ3v) is 5.69. The highest BCUT2D eigenvalue weighted by atomic mass is 16.3. The lowest BCUT2D eigenvalue weighted by Crippen LogP contribution is -2.27. The van der Waals surface area contributed by atoms with Crippen LogP contribution in [0.3, 0.4) is 0 Å². The molecule has 4 aromatic rings. The number of aromatic hydroxyl groups is 1. The highest BCUT2D eigenvalue weighted by Crippen LogP contribution is 2.40. The van der Waals surface area contributed by atoms with Gasteiger partial charge in [0.2, 0.25) is 0 Å². The van der Waals surface area contributed by atoms with Gasteiger partial charge in [-0.3, -0.25) is 0 Å². The van der Waals surface area contributed by atoms with Crippen LogP contribution in [0.4, 0.5) is 0 Å². The second-order valence-corrected chi connectivity index (χ2v) is 7.41. The first-order valence-electron chi connectivity index (χ1n) is 9.33. The van der Waals surface area contributed by atoms with E-state index in [1.54, 1.807) is 12.1 Å². The fourth-order valence-corrected chi connectivity index (χ4v) is 3.91. The number of rotatable bonds is 3. The molecule has 1 heterocycles. The van der Waals surface area contributed by atoms with Crippen molar-refractivity contribution in [2.24, 2.45) is 0 Å². The van der Waals surface area contributed by atoms with Crippen molar-refractivity contribution in [2.45, 2.75) is 26.2 Å². The number of hydrogen-bond acceptors (Lipinski definition) is 2. The molecule has 1 unspecified atom stereocenters. The fourth-order valence-electron chi connectivity index (χ4n) is 3.91. The van der Waals surface area contributed by atoms with Gasteiger partial charge in [-0.05, 0) is 61.2 Å². The van der Waals surface area contributed by atoms with Gasteiger partial charge in [-0.2, -0.15) is 5.26 Å². The van der Waals surface area contributed by atoms with Crippen LogP contribution in [0.25, 0.3) is 10.9 Å². The molecule has 0 aliphatic rings. The van der Waals surface area contributed by atoms with Crippen LogP contribution in [0, 0.1) is 32.1 Å². The molecule has 0 saturated heterocycles. The number of phenolic OH excluding ortho intramolecular Hbond substituents is 1. The van der Waals surface area contributed by atoms with E-state index < -0.39 is 5.41 Å². The number of aromatic nitrogens is 1. The standard InChI is InChI=1S/C25H22N2O/c1-16-4-6-19(7-5-16)25(15-26,20-8-11-22(28)12-9-20)21-10-13-23-17(2)18(3)27-24(23)14-21/h4-14,27-28H,1-3H3. The van der Waals surface area contributed by atoms with Crippen LogP contribution < -0.4 is 0 Å². The van der Waals surface area contributed by atoms with E-state index in [4.69, 9.17) is 0 Å². The molecule has 4 rings (SSSR count). The van der Waals surface area contributed by atoms with Crippen LogP contribution in [0.1, 0.15) is 33.5 Å². The first kappa shape index (κ1) is 17.9. The third-order valence-electron chi connectivity index (χ3n) is 5.69. The summed E-state index contributed by atoms with van der Waals surface area (Å²) in [5.41, 5.74) is 6.20. The zero-order valence-corrected chi connectivity index (χ0v) is 16.2. The molecule has 0 bridgehead atoms. The summed E-state index contributed by atoms with van der Waals surface area (Å²) in [6.45, 7) is 6.20. The van der Waals surface area contributed by atoms with Crippen LogP contribution in [0.5, 0.6) is 5.75 Å². The molecule has 3 heteroatoms. The lowest BCUT2D eigenvalue weighted by atomic mass is 9.70. The van der Waals surface area contributed by atoms with E-state index in [9.17, 15) is 10.4 Å². The Hall–Kier alpha value is -3.51. The highest BCUT2D eigenvalue weighted by Gasteiger charge is 2.37. The topological polar surface area (TPSA) is 59.8 Å². The molecule has 0 radical (unpaired) electrons. The average Bonchev–Trinajstić information content (AvgIpc) is 2.99. The molecular weight excluding hydrogens is 344 g/mol. The van der Waals surface area contributed by atoms with E-state index >= 15 is 0 Å². The second-order valence-electron chi connectivity index (χ2n) is 7.41. The molecular formula is C25H22N2O. The Morgan fingerprint density at radius 2 is 1.39 bits per heavy atom. The summed E-state index contributed by atoms with van der Waals surface area (Å²) in [5, 5.41) is 21.4. The maximum atomic E-state index is 10.5. The highest BCUT2D eigenvalue weighted by molar-refractivity contribution is 5.85. The smallest absolute Gasteiger partial charge is 0.132 e. The van der Waals surface area contributed by atoms with Crippen molar-refractivity contribution in [1.29, 1.82) is 5.26 Å². The molecule has 1 atom stereocenters. The summed E-state index contributed by atoms with van der Waals surface area (Å²) in [5.74, 6) is 0.186. The van der Waals surface area contributed by atoms with Crippen LogP contribution in [0.2, 0.25) is 0 Å². The lowest BCUT2D eigenvalue weighted by molar-refractivity contribution is 0.475. The van der Waals surface area contributed by atoms with E-state index in [-0.39, 0.29) is 5.75 Å². The molecule has 1 aromatic heterocycles. The zero-order valence-electron chi connectivity index (χ0n) is 16.2. The van der Waals surface area contributed by atoms with Crippen LogP contribution in [-0.4, -0.2) is 10.1 Å². The number of hydrogen-bond donors (Lipinski definition) is 2. The molecule has 0 saturated carbocycles. The predicted octanol–water partition coefficient (Wildman–Crippen LogP) is 5.66. The number of nitriles is 1. The summed E-state index contributed by atoms with van der Waals surface area (Å²) in [7, 11) is 0. The van der Waals surface area contributed by atoms with Gasteiger partial charge in [0.15, 0.2) is 0 Å². The Kier molecular flexibility index (Phi) is 4.20. The van der Waals surface area contributed by atoms with E-state index in [0.717, 1.165) is 33.5 Å². The minimum Gasteiger partial charge on any atom is -0.508 e. The largest absolute Gasteiger partial charge is 0.508 e. The molecule has 3 nitrogen and oxygen atoms in total. The molecule has 0 aliphatic heterocycles. The molecule has 28 heavy (non-hydrogen) atoms. The van der Waals surface area contributed by atoms with E-state index in [2.05, 4.69) is 37.0 Å². The van der Waals surface area contributed by atoms with Gasteiger partial charge in [0.1, 0.15) is 11.2 Å². The Morgan fingerprint density at radius 1 is 0.821 bits per heavy atom. The molecule has 0 aliphatic carbocycles. The van der Waals surface area contributed by atoms with Gasteiger partial charge in [0.05, 0.1) is 6.07 Å². The molecule has 0 fully saturated rings. The summed E-state index contributed by atoms with van der Waals surface area (Å²) in [4.78, 5) is 3.44. The Balaban J connectivity index is 2.03. The van der Waals surface area contributed by atoms with Crippen molar-refractivity contribution >= 4 is 10.9 Å². The third kappa shape index (κ3) is 2.66. The van der Waals surface area contributed by atoms with Crippen molar-refractivity contribution in [1.82, 2.24) is 4.98 Å². The van der Waals surface area contributed by atoms with Gasteiger partial charge in [0.25, 0.3) is 0 Å². The Morgan fingerprint density at radius 3 is 2.00 bits per heavy atom. The monoisotopic (exact) mass is 366 g/mol. The predicted molar refractivity (Wildman–Crippen MR) is 113 cm³/mol. The number of aryl methyl sites for hydroxylation is 3. The minimum atomic E-state index is -0.970. The van der Waals surface area contributed by atoms with Crippen molar-refractivity contribution in [2.75, 3.05) is 0 Å². The number of phenols is 1. The SMILES string of the molecule is Cc1ccc(C(C#N)(c2ccc(O)cc2)c2ccc3c(C)c(C)[nH]c3c2)cc1. The van der Waals surface area contributed by atoms with Crippen molar-refractivity contribution in [3.63, 3.8) is 0 Å². The summed E-state index contributed by atoms with van der Waals surface area (Å²) >= 11 is 0. The van der Waals surface area contributed by atoms with Crippen molar-refractivity contribution in [3.8, 4) is 11.8 Å². The van der Waals surface area contributed by atoms with Crippen LogP contribution in [0.15, 0.2) is 66.7 Å². The average molecular weight is 366 g/mol. The minimum absolute atomic E-state index is 0.186. The maximum absolute atomic E-state index is 10.5. The number of nitrogens with zero attached hydrogens (tertiary/aromatic N) is 1.